The summed E-state index contributed by atoms with van der Waals surface area (Å²) in [7, 11) is 3.79. The van der Waals surface area contributed by atoms with E-state index in [4.69, 9.17) is 10.2 Å². The molecule has 1 unspecified atom stereocenters. The van der Waals surface area contributed by atoms with Gasteiger partial charge in [-0.1, -0.05) is 48.4 Å². The van der Waals surface area contributed by atoms with Crippen LogP contribution in [0.15, 0.2) is 71.1 Å². The summed E-state index contributed by atoms with van der Waals surface area (Å²) in [6.45, 7) is 4.28. The third kappa shape index (κ3) is 5.76. The lowest BCUT2D eigenvalue weighted by molar-refractivity contribution is 0.0766. The van der Waals surface area contributed by atoms with Gasteiger partial charge in [0.2, 0.25) is 11.8 Å². The lowest BCUT2D eigenvalue weighted by Crippen LogP contribution is -2.35. The molecule has 0 aliphatic carbocycles. The molecule has 2 atom stereocenters. The van der Waals surface area contributed by atoms with Crippen LogP contribution in [0.2, 0.25) is 0 Å². The molecule has 1 aliphatic rings. The van der Waals surface area contributed by atoms with Crippen molar-refractivity contribution in [3.05, 3.63) is 89.3 Å². The van der Waals surface area contributed by atoms with Crippen LogP contribution in [0.5, 0.6) is 0 Å². The van der Waals surface area contributed by atoms with E-state index >= 15 is 0 Å². The monoisotopic (exact) mass is 558 g/mol. The number of nitriles is 1. The van der Waals surface area contributed by atoms with Gasteiger partial charge in [-0.05, 0) is 68.5 Å². The normalized spacial score (nSPS) is 15.8. The van der Waals surface area contributed by atoms with Gasteiger partial charge in [0.25, 0.3) is 5.91 Å². The summed E-state index contributed by atoms with van der Waals surface area (Å²) in [6.07, 6.45) is 2.24. The maximum Gasteiger partial charge on any atom is 0.254 e. The fourth-order valence-corrected chi connectivity index (χ4v) is 5.46. The zero-order valence-electron chi connectivity index (χ0n) is 24.4. The number of likely N-dealkylation sites (tertiary alicyclic amines) is 1. The Labute approximate surface area is 246 Å². The van der Waals surface area contributed by atoms with Crippen LogP contribution in [0, 0.1) is 23.2 Å². The molecule has 212 valence electrons. The SMILES string of the molecule is CC#CC1CCCN1C(=O)c1cc(-c2nnc([C@](C)(N)Cc3ccccc3)o2)cc(-c2cccc(N(C)C)c2C#N)c1. The van der Waals surface area contributed by atoms with Crippen LogP contribution >= 0.6 is 0 Å². The molecule has 2 N–H and O–H groups in total. The summed E-state index contributed by atoms with van der Waals surface area (Å²) in [6, 6.07) is 23.3. The van der Waals surface area contributed by atoms with Crippen molar-refractivity contribution in [3.63, 3.8) is 0 Å². The number of nitrogens with zero attached hydrogens (tertiary/aromatic N) is 5. The molecule has 1 amide bonds. The van der Waals surface area contributed by atoms with Crippen molar-refractivity contribution in [1.29, 1.82) is 5.26 Å². The quantitative estimate of drug-likeness (QED) is 0.303. The molecule has 2 heterocycles. The number of rotatable bonds is 7. The first kappa shape index (κ1) is 28.6. The Morgan fingerprint density at radius 3 is 2.60 bits per heavy atom. The highest BCUT2D eigenvalue weighted by molar-refractivity contribution is 5.98. The number of nitrogens with two attached hydrogens (primary N) is 1. The van der Waals surface area contributed by atoms with Crippen molar-refractivity contribution < 1.29 is 9.21 Å². The minimum atomic E-state index is -0.904. The summed E-state index contributed by atoms with van der Waals surface area (Å²) < 4.78 is 6.17. The molecule has 1 fully saturated rings. The number of amides is 1. The molecule has 42 heavy (non-hydrogen) atoms. The van der Waals surface area contributed by atoms with Crippen LogP contribution in [0.25, 0.3) is 22.6 Å². The molecule has 4 aromatic rings. The molecular weight excluding hydrogens is 524 g/mol. The van der Waals surface area contributed by atoms with E-state index in [1.165, 1.54) is 0 Å². The summed E-state index contributed by atoms with van der Waals surface area (Å²) in [5.41, 5.74) is 10.5. The van der Waals surface area contributed by atoms with Crippen molar-refractivity contribution in [2.24, 2.45) is 5.73 Å². The van der Waals surface area contributed by atoms with Gasteiger partial charge >= 0.3 is 0 Å². The van der Waals surface area contributed by atoms with E-state index in [2.05, 4.69) is 28.1 Å². The summed E-state index contributed by atoms with van der Waals surface area (Å²) >= 11 is 0. The third-order valence-corrected chi connectivity index (χ3v) is 7.53. The van der Waals surface area contributed by atoms with E-state index in [-0.39, 0.29) is 17.8 Å². The average molecular weight is 559 g/mol. The number of aromatic nitrogens is 2. The van der Waals surface area contributed by atoms with Crippen molar-refractivity contribution in [2.45, 2.75) is 44.7 Å². The Bertz CT molecular complexity index is 1710. The van der Waals surface area contributed by atoms with Crippen LogP contribution in [0.1, 0.15) is 54.1 Å². The summed E-state index contributed by atoms with van der Waals surface area (Å²) in [4.78, 5) is 17.6. The van der Waals surface area contributed by atoms with E-state index < -0.39 is 5.54 Å². The van der Waals surface area contributed by atoms with Crippen molar-refractivity contribution in [3.8, 4) is 40.5 Å². The second kappa shape index (κ2) is 11.9. The first-order valence-corrected chi connectivity index (χ1v) is 14.0. The predicted molar refractivity (Wildman–Crippen MR) is 163 cm³/mol. The van der Waals surface area contributed by atoms with Crippen LogP contribution in [-0.2, 0) is 12.0 Å². The number of anilines is 1. The van der Waals surface area contributed by atoms with E-state index in [1.807, 2.05) is 91.5 Å². The molecule has 1 aliphatic heterocycles. The number of carbonyl (C=O) groups is 1. The van der Waals surface area contributed by atoms with Gasteiger partial charge in [0.1, 0.15) is 6.07 Å². The van der Waals surface area contributed by atoms with E-state index in [1.54, 1.807) is 13.0 Å². The van der Waals surface area contributed by atoms with Gasteiger partial charge in [-0.25, -0.2) is 0 Å². The highest BCUT2D eigenvalue weighted by atomic mass is 16.4. The Morgan fingerprint density at radius 2 is 1.88 bits per heavy atom. The van der Waals surface area contributed by atoms with Gasteiger partial charge < -0.3 is 20.0 Å². The van der Waals surface area contributed by atoms with Gasteiger partial charge in [0, 0.05) is 37.3 Å². The molecule has 5 rings (SSSR count). The van der Waals surface area contributed by atoms with Gasteiger partial charge in [-0.3, -0.25) is 4.79 Å². The fraction of sp³-hybridized carbons (Fsp3) is 0.294. The van der Waals surface area contributed by atoms with Crippen LogP contribution in [-0.4, -0.2) is 47.7 Å². The molecule has 0 saturated carbocycles. The topological polar surface area (TPSA) is 112 Å². The Balaban J connectivity index is 1.61. The highest BCUT2D eigenvalue weighted by Crippen LogP contribution is 2.35. The molecule has 0 radical (unpaired) electrons. The molecule has 0 spiro atoms. The first-order chi connectivity index (χ1) is 20.2. The Hall–Kier alpha value is -4.92. The van der Waals surface area contributed by atoms with Gasteiger partial charge in [0.05, 0.1) is 22.8 Å². The minimum absolute atomic E-state index is 0.127. The second-order valence-electron chi connectivity index (χ2n) is 11.0. The molecule has 1 aromatic heterocycles. The molecular formula is C34H34N6O2. The van der Waals surface area contributed by atoms with Crippen LogP contribution in [0.3, 0.4) is 0 Å². The van der Waals surface area contributed by atoms with Crippen molar-refractivity contribution in [1.82, 2.24) is 15.1 Å². The van der Waals surface area contributed by atoms with Crippen LogP contribution in [0.4, 0.5) is 5.69 Å². The zero-order valence-corrected chi connectivity index (χ0v) is 24.4. The van der Waals surface area contributed by atoms with Crippen LogP contribution < -0.4 is 10.6 Å². The smallest absolute Gasteiger partial charge is 0.254 e. The minimum Gasteiger partial charge on any atom is -0.419 e. The summed E-state index contributed by atoms with van der Waals surface area (Å²) in [5, 5.41) is 18.8. The summed E-state index contributed by atoms with van der Waals surface area (Å²) in [5.74, 6) is 6.54. The van der Waals surface area contributed by atoms with Crippen molar-refractivity contribution >= 4 is 11.6 Å². The third-order valence-electron chi connectivity index (χ3n) is 7.53. The number of hydrogen-bond acceptors (Lipinski definition) is 7. The largest absolute Gasteiger partial charge is 0.419 e. The molecule has 0 bridgehead atoms. The highest BCUT2D eigenvalue weighted by Gasteiger charge is 2.31. The average Bonchev–Trinajstić information content (AvgIpc) is 3.67. The number of carbonyl (C=O) groups excluding carboxylic acids is 1. The van der Waals surface area contributed by atoms with Gasteiger partial charge in [0.15, 0.2) is 0 Å². The lowest BCUT2D eigenvalue weighted by atomic mass is 9.94. The van der Waals surface area contributed by atoms with E-state index in [9.17, 15) is 10.1 Å². The predicted octanol–water partition coefficient (Wildman–Crippen LogP) is 5.39. The maximum absolute atomic E-state index is 13.9. The Morgan fingerprint density at radius 1 is 1.12 bits per heavy atom. The Kier molecular flexibility index (Phi) is 8.10. The number of hydrogen-bond donors (Lipinski definition) is 1. The zero-order chi connectivity index (χ0) is 29.9. The van der Waals surface area contributed by atoms with E-state index in [0.717, 1.165) is 24.1 Å². The maximum atomic E-state index is 13.9. The second-order valence-corrected chi connectivity index (χ2v) is 11.0. The standard InChI is InChI=1S/C34H34N6O2/c1-5-11-27-14-10-17-40(27)32(41)26-19-24(28-15-9-16-30(39(3)4)29(28)22-35)18-25(20-26)31-37-38-33(42-31)34(2,36)21-23-12-7-6-8-13-23/h6-9,12-13,15-16,18-20,27H,10,14,17,21,36H2,1-4H3/t27?,34-/m1/s1. The van der Waals surface area contributed by atoms with Gasteiger partial charge in [-0.2, -0.15) is 5.26 Å². The molecule has 8 nitrogen and oxygen atoms in total. The fourth-order valence-electron chi connectivity index (χ4n) is 5.46. The molecule has 1 saturated heterocycles. The first-order valence-electron chi connectivity index (χ1n) is 14.0. The van der Waals surface area contributed by atoms with E-state index in [0.29, 0.717) is 46.7 Å². The molecule has 3 aromatic carbocycles. The molecule has 8 heteroatoms. The number of benzene rings is 3. The van der Waals surface area contributed by atoms with Crippen molar-refractivity contribution in [2.75, 3.05) is 25.5 Å². The van der Waals surface area contributed by atoms with Gasteiger partial charge in [-0.15, -0.1) is 16.1 Å². The lowest BCUT2D eigenvalue weighted by Gasteiger charge is -2.22.